The van der Waals surface area contributed by atoms with Gasteiger partial charge in [-0.15, -0.1) is 0 Å². The number of aryl methyl sites for hydroxylation is 3. The zero-order valence-electron chi connectivity index (χ0n) is 21.9. The van der Waals surface area contributed by atoms with Gasteiger partial charge < -0.3 is 14.8 Å². The van der Waals surface area contributed by atoms with E-state index >= 15 is 0 Å². The topological polar surface area (TPSA) is 71.3 Å². The van der Waals surface area contributed by atoms with Gasteiger partial charge in [-0.2, -0.15) is 5.26 Å². The average molecular weight is 569 g/mol. The molecule has 0 spiro atoms. The molecule has 4 aromatic rings. The van der Waals surface area contributed by atoms with Crippen LogP contribution in [-0.2, 0) is 11.4 Å². The number of benzene rings is 4. The molecule has 192 valence electrons. The number of fused-ring (bicyclic) bond motifs is 1. The zero-order chi connectivity index (χ0) is 27.2. The van der Waals surface area contributed by atoms with E-state index in [4.69, 9.17) is 9.47 Å². The minimum Gasteiger partial charge on any atom is -0.490 e. The minimum absolute atomic E-state index is 0.0145. The summed E-state index contributed by atoms with van der Waals surface area (Å²) in [6.45, 7) is 8.67. The Morgan fingerprint density at radius 2 is 1.79 bits per heavy atom. The predicted octanol–water partition coefficient (Wildman–Crippen LogP) is 8.05. The third kappa shape index (κ3) is 6.07. The van der Waals surface area contributed by atoms with E-state index < -0.39 is 5.91 Å². The maximum atomic E-state index is 12.9. The number of ether oxygens (including phenoxy) is 2. The second-order valence-corrected chi connectivity index (χ2v) is 9.93. The summed E-state index contributed by atoms with van der Waals surface area (Å²) < 4.78 is 12.9. The summed E-state index contributed by atoms with van der Waals surface area (Å²) >= 11 is 3.61. The molecule has 6 heteroatoms. The Morgan fingerprint density at radius 1 is 1.00 bits per heavy atom. The lowest BCUT2D eigenvalue weighted by Crippen LogP contribution is -2.14. The third-order valence-electron chi connectivity index (χ3n) is 6.27. The molecular formula is C32H29BrN2O3. The maximum Gasteiger partial charge on any atom is 0.266 e. The number of amides is 1. The van der Waals surface area contributed by atoms with Gasteiger partial charge >= 0.3 is 0 Å². The van der Waals surface area contributed by atoms with Crippen LogP contribution in [0.2, 0.25) is 0 Å². The summed E-state index contributed by atoms with van der Waals surface area (Å²) in [6, 6.07) is 23.8. The maximum absolute atomic E-state index is 12.9. The molecule has 4 aromatic carbocycles. The van der Waals surface area contributed by atoms with Crippen molar-refractivity contribution in [2.24, 2.45) is 0 Å². The van der Waals surface area contributed by atoms with Gasteiger partial charge in [-0.1, -0.05) is 54.1 Å². The van der Waals surface area contributed by atoms with Crippen molar-refractivity contribution in [3.05, 3.63) is 105 Å². The van der Waals surface area contributed by atoms with Crippen LogP contribution in [0.5, 0.6) is 11.5 Å². The van der Waals surface area contributed by atoms with E-state index in [0.29, 0.717) is 40.4 Å². The van der Waals surface area contributed by atoms with Crippen LogP contribution in [0, 0.1) is 32.1 Å². The molecule has 0 bridgehead atoms. The second-order valence-electron chi connectivity index (χ2n) is 9.08. The molecule has 0 saturated carbocycles. The average Bonchev–Trinajstić information content (AvgIpc) is 2.89. The van der Waals surface area contributed by atoms with E-state index in [-0.39, 0.29) is 5.57 Å². The molecule has 38 heavy (non-hydrogen) atoms. The summed E-state index contributed by atoms with van der Waals surface area (Å²) in [7, 11) is 0. The highest BCUT2D eigenvalue weighted by molar-refractivity contribution is 9.10. The number of nitrogens with zero attached hydrogens (tertiary/aromatic N) is 1. The summed E-state index contributed by atoms with van der Waals surface area (Å²) in [4.78, 5) is 12.9. The zero-order valence-corrected chi connectivity index (χ0v) is 23.5. The number of hydrogen-bond donors (Lipinski definition) is 1. The van der Waals surface area contributed by atoms with Gasteiger partial charge in [0.25, 0.3) is 5.91 Å². The van der Waals surface area contributed by atoms with Crippen LogP contribution in [0.3, 0.4) is 0 Å². The van der Waals surface area contributed by atoms with Crippen molar-refractivity contribution >= 4 is 44.4 Å². The number of hydrogen-bond acceptors (Lipinski definition) is 4. The first kappa shape index (κ1) is 27.0. The molecular weight excluding hydrogens is 540 g/mol. The van der Waals surface area contributed by atoms with Gasteiger partial charge in [-0.3, -0.25) is 4.79 Å². The first-order chi connectivity index (χ1) is 18.3. The molecule has 0 aliphatic carbocycles. The van der Waals surface area contributed by atoms with E-state index in [1.807, 2.05) is 63.2 Å². The van der Waals surface area contributed by atoms with Crippen LogP contribution in [-0.4, -0.2) is 12.5 Å². The van der Waals surface area contributed by atoms with Gasteiger partial charge in [0.1, 0.15) is 18.2 Å². The van der Waals surface area contributed by atoms with Crippen molar-refractivity contribution in [1.29, 1.82) is 5.26 Å². The Morgan fingerprint density at radius 3 is 2.53 bits per heavy atom. The van der Waals surface area contributed by atoms with Crippen LogP contribution in [0.4, 0.5) is 5.69 Å². The van der Waals surface area contributed by atoms with E-state index in [1.54, 1.807) is 12.1 Å². The smallest absolute Gasteiger partial charge is 0.266 e. The van der Waals surface area contributed by atoms with E-state index in [0.717, 1.165) is 33.0 Å². The molecule has 0 radical (unpaired) electrons. The number of carbonyl (C=O) groups is 1. The molecule has 0 fully saturated rings. The van der Waals surface area contributed by atoms with Crippen LogP contribution >= 0.6 is 15.9 Å². The summed E-state index contributed by atoms with van der Waals surface area (Å²) in [5.41, 5.74) is 5.58. The van der Waals surface area contributed by atoms with Crippen molar-refractivity contribution in [1.82, 2.24) is 0 Å². The third-order valence-corrected chi connectivity index (χ3v) is 6.86. The number of halogens is 1. The first-order valence-electron chi connectivity index (χ1n) is 12.4. The largest absolute Gasteiger partial charge is 0.490 e. The Balaban J connectivity index is 1.62. The predicted molar refractivity (Wildman–Crippen MR) is 156 cm³/mol. The van der Waals surface area contributed by atoms with Gasteiger partial charge in [-0.05, 0) is 95.4 Å². The molecule has 0 heterocycles. The second kappa shape index (κ2) is 12.0. The van der Waals surface area contributed by atoms with Crippen molar-refractivity contribution in [3.8, 4) is 17.6 Å². The normalized spacial score (nSPS) is 11.2. The lowest BCUT2D eigenvalue weighted by Gasteiger charge is -2.17. The highest BCUT2D eigenvalue weighted by atomic mass is 79.9. The Bertz CT molecular complexity index is 1580. The fraction of sp³-hybridized carbons (Fsp3) is 0.188. The molecule has 1 N–H and O–H groups in total. The lowest BCUT2D eigenvalue weighted by atomic mass is 10.0. The Labute approximate surface area is 231 Å². The molecule has 4 rings (SSSR count). The number of anilines is 1. The van der Waals surface area contributed by atoms with E-state index in [9.17, 15) is 10.1 Å². The molecule has 5 nitrogen and oxygen atoms in total. The monoisotopic (exact) mass is 568 g/mol. The van der Waals surface area contributed by atoms with Crippen molar-refractivity contribution < 1.29 is 14.3 Å². The molecule has 1 amide bonds. The van der Waals surface area contributed by atoms with E-state index in [1.165, 1.54) is 0 Å². The minimum atomic E-state index is -0.472. The lowest BCUT2D eigenvalue weighted by molar-refractivity contribution is -0.112. The van der Waals surface area contributed by atoms with Gasteiger partial charge in [0.05, 0.1) is 11.1 Å². The summed E-state index contributed by atoms with van der Waals surface area (Å²) in [5, 5.41) is 14.9. The van der Waals surface area contributed by atoms with Crippen LogP contribution in [0.1, 0.15) is 34.7 Å². The highest BCUT2D eigenvalue weighted by Crippen LogP contribution is 2.38. The molecule has 0 aromatic heterocycles. The Kier molecular flexibility index (Phi) is 8.50. The SMILES string of the molecule is CCOc1cc(/C=C(\C#N)C(=O)Nc2ccc(C)cc2C)cc(Br)c1OCc1c(C)ccc2ccccc12. The van der Waals surface area contributed by atoms with Gasteiger partial charge in [0.15, 0.2) is 11.5 Å². The standard InChI is InChI=1S/C32H29BrN2O3/c1-5-37-30-17-23(15-25(18-34)32(36)35-29-13-10-20(2)14-22(29)4)16-28(33)31(30)38-19-27-21(3)11-12-24-8-6-7-9-26(24)27/h6-17H,5,19H2,1-4H3,(H,35,36)/b25-15+. The van der Waals surface area contributed by atoms with Crippen LogP contribution in [0.25, 0.3) is 16.8 Å². The molecule has 0 unspecified atom stereocenters. The van der Waals surface area contributed by atoms with Crippen molar-refractivity contribution in [3.63, 3.8) is 0 Å². The number of carbonyl (C=O) groups excluding carboxylic acids is 1. The molecule has 0 atom stereocenters. The van der Waals surface area contributed by atoms with Gasteiger partial charge in [-0.25, -0.2) is 0 Å². The highest BCUT2D eigenvalue weighted by Gasteiger charge is 2.16. The quantitative estimate of drug-likeness (QED) is 0.172. The number of nitriles is 1. The van der Waals surface area contributed by atoms with Crippen LogP contribution in [0.15, 0.2) is 76.8 Å². The van der Waals surface area contributed by atoms with Crippen molar-refractivity contribution in [2.45, 2.75) is 34.3 Å². The Hall–Kier alpha value is -4.08. The molecule has 0 aliphatic heterocycles. The fourth-order valence-electron chi connectivity index (χ4n) is 4.31. The van der Waals surface area contributed by atoms with Crippen molar-refractivity contribution in [2.75, 3.05) is 11.9 Å². The van der Waals surface area contributed by atoms with E-state index in [2.05, 4.69) is 52.4 Å². The number of nitrogens with one attached hydrogen (secondary N) is 1. The number of rotatable bonds is 8. The summed E-state index contributed by atoms with van der Waals surface area (Å²) in [5.74, 6) is 0.618. The van der Waals surface area contributed by atoms with Gasteiger partial charge in [0.2, 0.25) is 0 Å². The van der Waals surface area contributed by atoms with Crippen LogP contribution < -0.4 is 14.8 Å². The molecule has 0 aliphatic rings. The summed E-state index contributed by atoms with van der Waals surface area (Å²) in [6.07, 6.45) is 1.55. The fourth-order valence-corrected chi connectivity index (χ4v) is 4.89. The van der Waals surface area contributed by atoms with Gasteiger partial charge in [0, 0.05) is 11.3 Å². The first-order valence-corrected chi connectivity index (χ1v) is 13.2. The molecule has 0 saturated heterocycles.